The number of halogens is 1. The lowest BCUT2D eigenvalue weighted by Crippen LogP contribution is -2.25. The Hall–Kier alpha value is -1.50. The molecule has 0 unspecified atom stereocenters. The number of amides is 1. The SMILES string of the molecule is O=C(NCCCn1cc(Cl)cn1)c1ccc(SCCO)cc1. The van der Waals surface area contributed by atoms with Crippen LogP contribution in [0.2, 0.25) is 5.02 Å². The highest BCUT2D eigenvalue weighted by Crippen LogP contribution is 2.17. The molecule has 0 saturated carbocycles. The Balaban J connectivity index is 1.72. The number of rotatable bonds is 8. The first kappa shape index (κ1) is 16.9. The molecule has 2 N–H and O–H groups in total. The predicted molar refractivity (Wildman–Crippen MR) is 88.4 cm³/mol. The molecule has 7 heteroatoms. The normalized spacial score (nSPS) is 10.6. The van der Waals surface area contributed by atoms with E-state index in [0.717, 1.165) is 11.3 Å². The quantitative estimate of drug-likeness (QED) is 0.572. The lowest BCUT2D eigenvalue weighted by Gasteiger charge is -2.06. The Morgan fingerprint density at radius 3 is 2.77 bits per heavy atom. The molecule has 0 atom stereocenters. The molecule has 22 heavy (non-hydrogen) atoms. The summed E-state index contributed by atoms with van der Waals surface area (Å²) < 4.78 is 1.75. The minimum absolute atomic E-state index is 0.0859. The second kappa shape index (κ2) is 8.82. The summed E-state index contributed by atoms with van der Waals surface area (Å²) in [5.74, 6) is 0.570. The van der Waals surface area contributed by atoms with Gasteiger partial charge in [0.15, 0.2) is 0 Å². The van der Waals surface area contributed by atoms with Crippen molar-refractivity contribution < 1.29 is 9.90 Å². The molecule has 118 valence electrons. The summed E-state index contributed by atoms with van der Waals surface area (Å²) in [4.78, 5) is 13.0. The Morgan fingerprint density at radius 1 is 1.36 bits per heavy atom. The molecular formula is C15H18ClN3O2S. The van der Waals surface area contributed by atoms with Gasteiger partial charge in [0.25, 0.3) is 5.91 Å². The van der Waals surface area contributed by atoms with Crippen LogP contribution in [0.5, 0.6) is 0 Å². The van der Waals surface area contributed by atoms with Crippen LogP contribution in [0.3, 0.4) is 0 Å². The first-order valence-corrected chi connectivity index (χ1v) is 8.35. The molecule has 0 radical (unpaired) electrons. The van der Waals surface area contributed by atoms with Gasteiger partial charge in [-0.3, -0.25) is 9.48 Å². The standard InChI is InChI=1S/C15H18ClN3O2S/c16-13-10-18-19(11-13)7-1-6-17-15(21)12-2-4-14(5-3-12)22-9-8-20/h2-5,10-11,20H,1,6-9H2,(H,17,21). The maximum atomic E-state index is 12.0. The number of aliphatic hydroxyl groups excluding tert-OH is 1. The van der Waals surface area contributed by atoms with Crippen molar-refractivity contribution in [3.05, 3.63) is 47.2 Å². The van der Waals surface area contributed by atoms with Crippen molar-refractivity contribution in [3.8, 4) is 0 Å². The molecule has 1 aromatic carbocycles. The molecule has 0 aliphatic carbocycles. The van der Waals surface area contributed by atoms with Gasteiger partial charge in [0.1, 0.15) is 0 Å². The predicted octanol–water partition coefficient (Wildman–Crippen LogP) is 2.44. The fourth-order valence-corrected chi connectivity index (χ4v) is 2.68. The van der Waals surface area contributed by atoms with E-state index < -0.39 is 0 Å². The van der Waals surface area contributed by atoms with Gasteiger partial charge < -0.3 is 10.4 Å². The van der Waals surface area contributed by atoms with Crippen LogP contribution in [0.4, 0.5) is 0 Å². The van der Waals surface area contributed by atoms with Gasteiger partial charge in [-0.1, -0.05) is 11.6 Å². The molecule has 2 rings (SSSR count). The molecule has 1 amide bonds. The minimum Gasteiger partial charge on any atom is -0.396 e. The first-order chi connectivity index (χ1) is 10.7. The number of carbonyl (C=O) groups excluding carboxylic acids is 1. The lowest BCUT2D eigenvalue weighted by atomic mass is 10.2. The lowest BCUT2D eigenvalue weighted by molar-refractivity contribution is 0.0952. The topological polar surface area (TPSA) is 67.2 Å². The third kappa shape index (κ3) is 5.36. The Bertz CT molecular complexity index is 601. The van der Waals surface area contributed by atoms with Gasteiger partial charge >= 0.3 is 0 Å². The van der Waals surface area contributed by atoms with E-state index in [0.29, 0.717) is 29.4 Å². The van der Waals surface area contributed by atoms with Gasteiger partial charge in [0.05, 0.1) is 17.8 Å². The molecule has 1 aromatic heterocycles. The number of benzene rings is 1. The second-order valence-electron chi connectivity index (χ2n) is 4.63. The molecule has 0 spiro atoms. The van der Waals surface area contributed by atoms with E-state index in [-0.39, 0.29) is 12.5 Å². The summed E-state index contributed by atoms with van der Waals surface area (Å²) in [7, 11) is 0. The van der Waals surface area contributed by atoms with Crippen molar-refractivity contribution >= 4 is 29.3 Å². The number of hydrogen-bond acceptors (Lipinski definition) is 4. The monoisotopic (exact) mass is 339 g/mol. The molecule has 0 aliphatic heterocycles. The van der Waals surface area contributed by atoms with Gasteiger partial charge in [-0.25, -0.2) is 0 Å². The average Bonchev–Trinajstić information content (AvgIpc) is 2.95. The minimum atomic E-state index is -0.0859. The van der Waals surface area contributed by atoms with Crippen molar-refractivity contribution in [2.75, 3.05) is 18.9 Å². The molecule has 0 bridgehead atoms. The largest absolute Gasteiger partial charge is 0.396 e. The summed E-state index contributed by atoms with van der Waals surface area (Å²) in [5.41, 5.74) is 0.635. The Morgan fingerprint density at radius 2 is 2.14 bits per heavy atom. The third-order valence-electron chi connectivity index (χ3n) is 2.93. The molecule has 1 heterocycles. The zero-order valence-electron chi connectivity index (χ0n) is 12.0. The van der Waals surface area contributed by atoms with Gasteiger partial charge in [-0.2, -0.15) is 5.10 Å². The van der Waals surface area contributed by atoms with Crippen LogP contribution in [0, 0.1) is 0 Å². The fraction of sp³-hybridized carbons (Fsp3) is 0.333. The number of aliphatic hydroxyl groups is 1. The fourth-order valence-electron chi connectivity index (χ4n) is 1.87. The zero-order valence-corrected chi connectivity index (χ0v) is 13.6. The summed E-state index contributed by atoms with van der Waals surface area (Å²) in [6.45, 7) is 1.44. The summed E-state index contributed by atoms with van der Waals surface area (Å²) >= 11 is 7.34. The number of aryl methyl sites for hydroxylation is 1. The van der Waals surface area contributed by atoms with Crippen LogP contribution in [0.15, 0.2) is 41.6 Å². The van der Waals surface area contributed by atoms with Crippen LogP contribution < -0.4 is 5.32 Å². The van der Waals surface area contributed by atoms with Crippen molar-refractivity contribution in [1.82, 2.24) is 15.1 Å². The van der Waals surface area contributed by atoms with Crippen molar-refractivity contribution in [2.24, 2.45) is 0 Å². The summed E-state index contributed by atoms with van der Waals surface area (Å²) in [6, 6.07) is 7.37. The smallest absolute Gasteiger partial charge is 0.251 e. The number of carbonyl (C=O) groups is 1. The van der Waals surface area contributed by atoms with Crippen LogP contribution in [0.1, 0.15) is 16.8 Å². The van der Waals surface area contributed by atoms with Crippen LogP contribution in [0.25, 0.3) is 0 Å². The van der Waals surface area contributed by atoms with Crippen molar-refractivity contribution in [3.63, 3.8) is 0 Å². The highest BCUT2D eigenvalue weighted by molar-refractivity contribution is 7.99. The maximum Gasteiger partial charge on any atom is 0.251 e. The van der Waals surface area contributed by atoms with Crippen LogP contribution in [-0.2, 0) is 6.54 Å². The van der Waals surface area contributed by atoms with E-state index in [9.17, 15) is 4.79 Å². The molecule has 0 aliphatic rings. The second-order valence-corrected chi connectivity index (χ2v) is 6.23. The van der Waals surface area contributed by atoms with Crippen LogP contribution >= 0.6 is 23.4 Å². The van der Waals surface area contributed by atoms with Gasteiger partial charge in [0.2, 0.25) is 0 Å². The van der Waals surface area contributed by atoms with E-state index in [4.69, 9.17) is 16.7 Å². The van der Waals surface area contributed by atoms with E-state index >= 15 is 0 Å². The van der Waals surface area contributed by atoms with Crippen molar-refractivity contribution in [2.45, 2.75) is 17.9 Å². The van der Waals surface area contributed by atoms with E-state index in [2.05, 4.69) is 10.4 Å². The zero-order chi connectivity index (χ0) is 15.8. The average molecular weight is 340 g/mol. The summed E-state index contributed by atoms with van der Waals surface area (Å²) in [6.07, 6.45) is 4.14. The highest BCUT2D eigenvalue weighted by Gasteiger charge is 2.05. The summed E-state index contributed by atoms with van der Waals surface area (Å²) in [5, 5.41) is 16.3. The highest BCUT2D eigenvalue weighted by atomic mass is 35.5. The number of hydrogen-bond donors (Lipinski definition) is 2. The molecule has 2 aromatic rings. The molecule has 0 fully saturated rings. The number of thioether (sulfide) groups is 1. The number of nitrogens with zero attached hydrogens (tertiary/aromatic N) is 2. The molecule has 0 saturated heterocycles. The Labute approximate surface area is 138 Å². The van der Waals surface area contributed by atoms with Crippen molar-refractivity contribution in [1.29, 1.82) is 0 Å². The van der Waals surface area contributed by atoms with Crippen LogP contribution in [-0.4, -0.2) is 39.7 Å². The van der Waals surface area contributed by atoms with E-state index in [1.807, 2.05) is 12.1 Å². The van der Waals surface area contributed by atoms with Gasteiger partial charge in [-0.15, -0.1) is 11.8 Å². The number of aromatic nitrogens is 2. The molecule has 5 nitrogen and oxygen atoms in total. The van der Waals surface area contributed by atoms with E-state index in [1.165, 1.54) is 0 Å². The maximum absolute atomic E-state index is 12.0. The first-order valence-electron chi connectivity index (χ1n) is 6.99. The number of nitrogens with one attached hydrogen (secondary N) is 1. The third-order valence-corrected chi connectivity index (χ3v) is 4.12. The molecular weight excluding hydrogens is 322 g/mol. The van der Waals surface area contributed by atoms with Gasteiger partial charge in [-0.05, 0) is 30.7 Å². The van der Waals surface area contributed by atoms with E-state index in [1.54, 1.807) is 41.0 Å². The Kier molecular flexibility index (Phi) is 6.76. The van der Waals surface area contributed by atoms with Gasteiger partial charge in [0, 0.05) is 35.5 Å².